The Hall–Kier alpha value is -0.240. The summed E-state index contributed by atoms with van der Waals surface area (Å²) in [5.74, 6) is 0. The Kier molecular flexibility index (Phi) is 23.2. The fourth-order valence-electron chi connectivity index (χ4n) is 1.05. The van der Waals surface area contributed by atoms with Gasteiger partial charge in [-0.05, 0) is 20.5 Å². The molecular formula is C14H33NO5. The van der Waals surface area contributed by atoms with Crippen molar-refractivity contribution in [3.8, 4) is 0 Å². The summed E-state index contributed by atoms with van der Waals surface area (Å²) < 4.78 is 15.5. The van der Waals surface area contributed by atoms with Crippen LogP contribution in [0.3, 0.4) is 0 Å². The zero-order valence-electron chi connectivity index (χ0n) is 13.3. The van der Waals surface area contributed by atoms with Crippen molar-refractivity contribution in [3.63, 3.8) is 0 Å². The number of hydrogen-bond donors (Lipinski definition) is 2. The van der Waals surface area contributed by atoms with Crippen LogP contribution in [0.15, 0.2) is 0 Å². The molecule has 0 bridgehead atoms. The number of nitrogens with zero attached hydrogens (tertiary/aromatic N) is 1. The summed E-state index contributed by atoms with van der Waals surface area (Å²) in [5, 5.41) is 16.6. The van der Waals surface area contributed by atoms with Crippen molar-refractivity contribution in [3.05, 3.63) is 0 Å². The van der Waals surface area contributed by atoms with E-state index in [1.165, 1.54) is 0 Å². The molecule has 0 saturated carbocycles. The van der Waals surface area contributed by atoms with Gasteiger partial charge in [-0.1, -0.05) is 13.3 Å². The third-order valence-electron chi connectivity index (χ3n) is 2.17. The molecule has 0 aliphatic rings. The molecule has 0 spiro atoms. The van der Waals surface area contributed by atoms with E-state index in [1.807, 2.05) is 19.0 Å². The lowest BCUT2D eigenvalue weighted by atomic mass is 10.4. The molecule has 0 unspecified atom stereocenters. The number of rotatable bonds is 13. The maximum Gasteiger partial charge on any atom is 0.0701 e. The summed E-state index contributed by atoms with van der Waals surface area (Å²) in [6.45, 7) is 6.81. The first kappa shape index (κ1) is 22.0. The van der Waals surface area contributed by atoms with Gasteiger partial charge in [0.25, 0.3) is 0 Å². The fraction of sp³-hybridized carbons (Fsp3) is 1.00. The van der Waals surface area contributed by atoms with Crippen LogP contribution in [0.2, 0.25) is 0 Å². The molecule has 0 aliphatic carbocycles. The highest BCUT2D eigenvalue weighted by Crippen LogP contribution is 1.87. The van der Waals surface area contributed by atoms with E-state index in [2.05, 4.69) is 6.92 Å². The Bertz CT molecular complexity index is 146. The fourth-order valence-corrected chi connectivity index (χ4v) is 1.05. The van der Waals surface area contributed by atoms with E-state index in [0.29, 0.717) is 33.0 Å². The zero-order chi connectivity index (χ0) is 15.5. The van der Waals surface area contributed by atoms with Crippen molar-refractivity contribution in [2.24, 2.45) is 0 Å². The maximum absolute atomic E-state index is 8.40. The second-order valence-electron chi connectivity index (χ2n) is 4.44. The topological polar surface area (TPSA) is 71.4 Å². The minimum Gasteiger partial charge on any atom is -0.395 e. The molecule has 2 N–H and O–H groups in total. The van der Waals surface area contributed by atoms with Gasteiger partial charge in [0.05, 0.1) is 46.2 Å². The molecule has 0 amide bonds. The zero-order valence-corrected chi connectivity index (χ0v) is 13.3. The van der Waals surface area contributed by atoms with E-state index in [4.69, 9.17) is 24.4 Å². The maximum atomic E-state index is 8.40. The van der Waals surface area contributed by atoms with Crippen LogP contribution >= 0.6 is 0 Å². The first-order valence-corrected chi connectivity index (χ1v) is 7.28. The molecule has 6 nitrogen and oxygen atoms in total. The van der Waals surface area contributed by atoms with Crippen molar-refractivity contribution in [1.29, 1.82) is 0 Å². The first-order valence-electron chi connectivity index (χ1n) is 7.28. The van der Waals surface area contributed by atoms with Gasteiger partial charge in [0.15, 0.2) is 0 Å². The molecular weight excluding hydrogens is 262 g/mol. The number of likely N-dealkylation sites (N-methyl/N-ethyl adjacent to an activating group) is 1. The van der Waals surface area contributed by atoms with Crippen molar-refractivity contribution in [1.82, 2.24) is 4.90 Å². The lowest BCUT2D eigenvalue weighted by molar-refractivity contribution is 0.00735. The van der Waals surface area contributed by atoms with Crippen LogP contribution in [0.1, 0.15) is 19.8 Å². The van der Waals surface area contributed by atoms with Gasteiger partial charge in [-0.3, -0.25) is 0 Å². The number of aliphatic hydroxyl groups excluding tert-OH is 2. The highest BCUT2D eigenvalue weighted by Gasteiger charge is 1.90. The Morgan fingerprint density at radius 1 is 0.750 bits per heavy atom. The minimum absolute atomic E-state index is 0.0696. The Balaban J connectivity index is 0. The van der Waals surface area contributed by atoms with Crippen LogP contribution in [-0.4, -0.2) is 88.6 Å². The van der Waals surface area contributed by atoms with Crippen molar-refractivity contribution in [2.45, 2.75) is 19.8 Å². The molecule has 20 heavy (non-hydrogen) atoms. The lowest BCUT2D eigenvalue weighted by Gasteiger charge is -2.05. The van der Waals surface area contributed by atoms with Gasteiger partial charge in [-0.25, -0.2) is 0 Å². The van der Waals surface area contributed by atoms with Gasteiger partial charge < -0.3 is 29.3 Å². The first-order chi connectivity index (χ1) is 9.68. The van der Waals surface area contributed by atoms with Crippen LogP contribution in [0.4, 0.5) is 0 Å². The Morgan fingerprint density at radius 2 is 1.25 bits per heavy atom. The van der Waals surface area contributed by atoms with Crippen molar-refractivity contribution in [2.75, 3.05) is 73.5 Å². The molecule has 0 atom stereocenters. The average molecular weight is 295 g/mol. The standard InChI is InChI=1S/C10H22O4.C4H11NO/c1-2-3-5-12-7-9-14-10-8-13-6-4-11;1-5(2)3-4-6/h11H,2-10H2,1H3;6H,3-4H2,1-2H3. The second-order valence-corrected chi connectivity index (χ2v) is 4.44. The highest BCUT2D eigenvalue weighted by molar-refractivity contribution is 4.35. The van der Waals surface area contributed by atoms with Crippen LogP contribution in [-0.2, 0) is 14.2 Å². The van der Waals surface area contributed by atoms with Crippen LogP contribution < -0.4 is 0 Å². The largest absolute Gasteiger partial charge is 0.395 e. The van der Waals surface area contributed by atoms with Gasteiger partial charge in [0.2, 0.25) is 0 Å². The predicted molar refractivity (Wildman–Crippen MR) is 80.1 cm³/mol. The third-order valence-corrected chi connectivity index (χ3v) is 2.17. The van der Waals surface area contributed by atoms with Gasteiger partial charge in [-0.2, -0.15) is 0 Å². The van der Waals surface area contributed by atoms with Crippen LogP contribution in [0.25, 0.3) is 0 Å². The molecule has 0 heterocycles. The van der Waals surface area contributed by atoms with E-state index in [1.54, 1.807) is 0 Å². The summed E-state index contributed by atoms with van der Waals surface area (Å²) >= 11 is 0. The van der Waals surface area contributed by atoms with Gasteiger partial charge in [0, 0.05) is 13.2 Å². The smallest absolute Gasteiger partial charge is 0.0701 e. The number of hydrogen-bond acceptors (Lipinski definition) is 6. The molecule has 0 rings (SSSR count). The number of aliphatic hydroxyl groups is 2. The highest BCUT2D eigenvalue weighted by atomic mass is 16.5. The van der Waals surface area contributed by atoms with Gasteiger partial charge in [0.1, 0.15) is 0 Å². The van der Waals surface area contributed by atoms with Crippen LogP contribution in [0.5, 0.6) is 0 Å². The Labute approximate surface area is 123 Å². The minimum atomic E-state index is 0.0696. The molecule has 124 valence electrons. The van der Waals surface area contributed by atoms with Gasteiger partial charge in [-0.15, -0.1) is 0 Å². The normalized spacial score (nSPS) is 10.5. The summed E-state index contributed by atoms with van der Waals surface area (Å²) in [4.78, 5) is 1.93. The SMILES string of the molecule is CCCCOCCOCCOCCO.CN(C)CCO. The summed E-state index contributed by atoms with van der Waals surface area (Å²) in [6.07, 6.45) is 2.27. The molecule has 0 fully saturated rings. The third kappa shape index (κ3) is 26.3. The molecule has 0 aromatic heterocycles. The summed E-state index contributed by atoms with van der Waals surface area (Å²) in [7, 11) is 3.85. The quantitative estimate of drug-likeness (QED) is 0.478. The molecule has 0 aliphatic heterocycles. The number of unbranched alkanes of at least 4 members (excludes halogenated alkanes) is 1. The van der Waals surface area contributed by atoms with E-state index < -0.39 is 0 Å². The molecule has 0 radical (unpaired) electrons. The summed E-state index contributed by atoms with van der Waals surface area (Å²) in [5.41, 5.74) is 0. The lowest BCUT2D eigenvalue weighted by Crippen LogP contribution is -2.15. The van der Waals surface area contributed by atoms with Crippen LogP contribution in [0, 0.1) is 0 Å². The van der Waals surface area contributed by atoms with E-state index in [9.17, 15) is 0 Å². The van der Waals surface area contributed by atoms with E-state index >= 15 is 0 Å². The second kappa shape index (κ2) is 21.1. The van der Waals surface area contributed by atoms with E-state index in [0.717, 1.165) is 26.0 Å². The van der Waals surface area contributed by atoms with Crippen molar-refractivity contribution >= 4 is 0 Å². The molecule has 0 aromatic carbocycles. The molecule has 6 heteroatoms. The van der Waals surface area contributed by atoms with Crippen molar-refractivity contribution < 1.29 is 24.4 Å². The number of ether oxygens (including phenoxy) is 3. The molecule has 0 saturated heterocycles. The van der Waals surface area contributed by atoms with Gasteiger partial charge >= 0.3 is 0 Å². The monoisotopic (exact) mass is 295 g/mol. The predicted octanol–water partition coefficient (Wildman–Crippen LogP) is 0.369. The average Bonchev–Trinajstić information content (AvgIpc) is 2.41. The molecule has 0 aromatic rings. The van der Waals surface area contributed by atoms with E-state index in [-0.39, 0.29) is 13.2 Å². The summed E-state index contributed by atoms with van der Waals surface area (Å²) in [6, 6.07) is 0. The Morgan fingerprint density at radius 3 is 1.60 bits per heavy atom.